The lowest BCUT2D eigenvalue weighted by atomic mass is 9.85. The van der Waals surface area contributed by atoms with E-state index in [-0.39, 0.29) is 25.1 Å². The molecule has 0 amide bonds. The van der Waals surface area contributed by atoms with Crippen molar-refractivity contribution in [2.45, 2.75) is 25.2 Å². The summed E-state index contributed by atoms with van der Waals surface area (Å²) in [5.41, 5.74) is 4.17. The van der Waals surface area contributed by atoms with Gasteiger partial charge in [-0.15, -0.1) is 0 Å². The minimum atomic E-state index is -0.300. The zero-order chi connectivity index (χ0) is 23.1. The molecule has 3 aliphatic heterocycles. The lowest BCUT2D eigenvalue weighted by Gasteiger charge is -2.27. The van der Waals surface area contributed by atoms with Gasteiger partial charge in [0.1, 0.15) is 11.5 Å². The summed E-state index contributed by atoms with van der Waals surface area (Å²) in [6, 6.07) is 15.7. The molecule has 174 valence electrons. The van der Waals surface area contributed by atoms with Crippen LogP contribution in [0.4, 0.5) is 0 Å². The van der Waals surface area contributed by atoms with E-state index in [1.807, 2.05) is 30.3 Å². The molecule has 3 aliphatic rings. The van der Waals surface area contributed by atoms with Gasteiger partial charge in [-0.25, -0.2) is 0 Å². The molecule has 0 saturated carbocycles. The average Bonchev–Trinajstić information content (AvgIpc) is 3.51. The number of ether oxygens (including phenoxy) is 6. The molecule has 0 radical (unpaired) electrons. The summed E-state index contributed by atoms with van der Waals surface area (Å²) in [5, 5.41) is 0. The summed E-state index contributed by atoms with van der Waals surface area (Å²) in [5.74, 6) is 3.39. The van der Waals surface area contributed by atoms with Crippen molar-refractivity contribution in [2.24, 2.45) is 0 Å². The molecule has 34 heavy (non-hydrogen) atoms. The topological polar surface area (TPSA) is 72.5 Å². The molecular formula is C27H24O7. The number of para-hydroxylation sites is 1. The predicted molar refractivity (Wildman–Crippen MR) is 122 cm³/mol. The normalized spacial score (nSPS) is 17.4. The molecular weight excluding hydrogens is 436 g/mol. The third-order valence-corrected chi connectivity index (χ3v) is 6.47. The summed E-state index contributed by atoms with van der Waals surface area (Å²) < 4.78 is 34.1. The Kier molecular flexibility index (Phi) is 5.17. The molecule has 3 aromatic rings. The van der Waals surface area contributed by atoms with E-state index in [9.17, 15) is 4.79 Å². The number of methoxy groups -OCH3 is 1. The molecule has 6 rings (SSSR count). The summed E-state index contributed by atoms with van der Waals surface area (Å²) in [6.45, 7) is 1.36. The van der Waals surface area contributed by atoms with E-state index in [4.69, 9.17) is 28.4 Å². The van der Waals surface area contributed by atoms with Crippen molar-refractivity contribution < 1.29 is 33.2 Å². The Balaban J connectivity index is 1.30. The second-order valence-corrected chi connectivity index (χ2v) is 8.49. The standard InChI is InChI=1S/C27H24O7/c1-29-22-4-2-3-18(27(22)31-9-7-16-5-6-21-17(11-16)8-10-30-21)19-13-26(28)34-23-14-25-24(12-20(19)23)32-15-33-25/h2-6,11-12,14,19H,7-10,13,15H2,1H3. The van der Waals surface area contributed by atoms with E-state index in [2.05, 4.69) is 12.1 Å². The first-order valence-electron chi connectivity index (χ1n) is 11.4. The van der Waals surface area contributed by atoms with Crippen LogP contribution in [0.15, 0.2) is 48.5 Å². The average molecular weight is 460 g/mol. The SMILES string of the molecule is COc1cccc(C2CC(=O)Oc3cc4c(cc32)OCO4)c1OCCc1ccc2c(c1)CCO2. The van der Waals surface area contributed by atoms with Crippen LogP contribution in [0.2, 0.25) is 0 Å². The van der Waals surface area contributed by atoms with Crippen molar-refractivity contribution in [1.29, 1.82) is 0 Å². The monoisotopic (exact) mass is 460 g/mol. The third-order valence-electron chi connectivity index (χ3n) is 6.47. The molecule has 0 fully saturated rings. The number of carbonyl (C=O) groups excluding carboxylic acids is 1. The number of hydrogen-bond acceptors (Lipinski definition) is 7. The molecule has 0 bridgehead atoms. The maximum absolute atomic E-state index is 12.5. The summed E-state index contributed by atoms with van der Waals surface area (Å²) >= 11 is 0. The lowest BCUT2D eigenvalue weighted by Crippen LogP contribution is -2.21. The van der Waals surface area contributed by atoms with Crippen molar-refractivity contribution >= 4 is 5.97 Å². The van der Waals surface area contributed by atoms with Gasteiger partial charge in [-0.1, -0.05) is 24.3 Å². The lowest BCUT2D eigenvalue weighted by molar-refractivity contribution is -0.135. The summed E-state index contributed by atoms with van der Waals surface area (Å²) in [6.07, 6.45) is 1.88. The first-order valence-corrected chi connectivity index (χ1v) is 11.4. The number of fused-ring (bicyclic) bond motifs is 3. The molecule has 3 aromatic carbocycles. The minimum absolute atomic E-state index is 0.152. The van der Waals surface area contributed by atoms with Crippen LogP contribution in [0.25, 0.3) is 0 Å². The van der Waals surface area contributed by atoms with Crippen LogP contribution >= 0.6 is 0 Å². The van der Waals surface area contributed by atoms with Gasteiger partial charge in [0.2, 0.25) is 6.79 Å². The highest BCUT2D eigenvalue weighted by molar-refractivity contribution is 5.79. The van der Waals surface area contributed by atoms with Crippen LogP contribution in [0, 0.1) is 0 Å². The summed E-state index contributed by atoms with van der Waals surface area (Å²) in [4.78, 5) is 12.5. The van der Waals surface area contributed by atoms with Gasteiger partial charge in [-0.3, -0.25) is 4.79 Å². The highest BCUT2D eigenvalue weighted by atomic mass is 16.7. The zero-order valence-corrected chi connectivity index (χ0v) is 18.8. The Bertz CT molecular complexity index is 1270. The van der Waals surface area contributed by atoms with Gasteiger partial charge < -0.3 is 28.4 Å². The molecule has 0 saturated heterocycles. The van der Waals surface area contributed by atoms with Crippen LogP contribution in [-0.2, 0) is 17.6 Å². The quantitative estimate of drug-likeness (QED) is 0.398. The number of esters is 1. The van der Waals surface area contributed by atoms with Crippen molar-refractivity contribution in [3.05, 3.63) is 70.8 Å². The molecule has 1 atom stereocenters. The van der Waals surface area contributed by atoms with E-state index < -0.39 is 0 Å². The molecule has 7 nitrogen and oxygen atoms in total. The maximum atomic E-state index is 12.5. The van der Waals surface area contributed by atoms with Gasteiger partial charge >= 0.3 is 5.97 Å². The highest BCUT2D eigenvalue weighted by Crippen LogP contribution is 2.49. The smallest absolute Gasteiger partial charge is 0.312 e. The number of hydrogen-bond donors (Lipinski definition) is 0. The largest absolute Gasteiger partial charge is 0.493 e. The predicted octanol–water partition coefficient (Wildman–Crippen LogP) is 4.42. The van der Waals surface area contributed by atoms with E-state index in [0.29, 0.717) is 35.4 Å². The van der Waals surface area contributed by atoms with E-state index in [1.165, 1.54) is 11.1 Å². The van der Waals surface area contributed by atoms with Crippen molar-refractivity contribution in [2.75, 3.05) is 27.1 Å². The molecule has 0 aliphatic carbocycles. The Morgan fingerprint density at radius 2 is 1.82 bits per heavy atom. The molecule has 0 N–H and O–H groups in total. The third kappa shape index (κ3) is 3.67. The zero-order valence-electron chi connectivity index (χ0n) is 18.8. The van der Waals surface area contributed by atoms with Crippen molar-refractivity contribution in [3.63, 3.8) is 0 Å². The molecule has 0 aromatic heterocycles. The van der Waals surface area contributed by atoms with Gasteiger partial charge in [0.25, 0.3) is 0 Å². The number of rotatable bonds is 6. The maximum Gasteiger partial charge on any atom is 0.312 e. The second-order valence-electron chi connectivity index (χ2n) is 8.49. The first-order chi connectivity index (χ1) is 16.7. The van der Waals surface area contributed by atoms with Crippen LogP contribution in [0.3, 0.4) is 0 Å². The van der Waals surface area contributed by atoms with E-state index in [0.717, 1.165) is 36.3 Å². The number of carbonyl (C=O) groups is 1. The Hall–Kier alpha value is -3.87. The Morgan fingerprint density at radius 1 is 0.941 bits per heavy atom. The molecule has 7 heteroatoms. The van der Waals surface area contributed by atoms with Gasteiger partial charge in [0.05, 0.1) is 26.7 Å². The van der Waals surface area contributed by atoms with Crippen LogP contribution in [0.5, 0.6) is 34.5 Å². The van der Waals surface area contributed by atoms with Gasteiger partial charge in [0.15, 0.2) is 23.0 Å². The fourth-order valence-electron chi connectivity index (χ4n) is 4.81. The molecule has 3 heterocycles. The fourth-order valence-corrected chi connectivity index (χ4v) is 4.81. The van der Waals surface area contributed by atoms with Crippen LogP contribution in [0.1, 0.15) is 34.6 Å². The van der Waals surface area contributed by atoms with Gasteiger partial charge in [0, 0.05) is 36.0 Å². The Labute approximate surface area is 197 Å². The molecule has 1 unspecified atom stereocenters. The Morgan fingerprint density at radius 3 is 2.71 bits per heavy atom. The van der Waals surface area contributed by atoms with Crippen molar-refractivity contribution in [1.82, 2.24) is 0 Å². The number of benzene rings is 3. The van der Waals surface area contributed by atoms with Crippen molar-refractivity contribution in [3.8, 4) is 34.5 Å². The van der Waals surface area contributed by atoms with E-state index in [1.54, 1.807) is 13.2 Å². The first kappa shape index (κ1) is 20.7. The van der Waals surface area contributed by atoms with E-state index >= 15 is 0 Å². The highest BCUT2D eigenvalue weighted by Gasteiger charge is 2.34. The van der Waals surface area contributed by atoms with Gasteiger partial charge in [-0.2, -0.15) is 0 Å². The molecule has 0 spiro atoms. The summed E-state index contributed by atoms with van der Waals surface area (Å²) in [7, 11) is 1.62. The van der Waals surface area contributed by atoms with Gasteiger partial charge in [-0.05, 0) is 29.3 Å². The van der Waals surface area contributed by atoms with Crippen LogP contribution < -0.4 is 28.4 Å². The van der Waals surface area contributed by atoms with Crippen LogP contribution in [-0.4, -0.2) is 33.1 Å². The second kappa shape index (κ2) is 8.48. The minimum Gasteiger partial charge on any atom is -0.493 e. The fraction of sp³-hybridized carbons (Fsp3) is 0.296.